The Morgan fingerprint density at radius 1 is 1.36 bits per heavy atom. The second-order valence-corrected chi connectivity index (χ2v) is 3.32. The molecule has 0 radical (unpaired) electrons. The number of nitrogens with zero attached hydrogens (tertiary/aromatic N) is 1. The van der Waals surface area contributed by atoms with Gasteiger partial charge in [-0.3, -0.25) is 10.1 Å². The van der Waals surface area contributed by atoms with Crippen molar-refractivity contribution in [2.75, 3.05) is 0 Å². The monoisotopic (exact) mass is 157 g/mol. The first-order valence-electron chi connectivity index (χ1n) is 4.08. The van der Waals surface area contributed by atoms with Gasteiger partial charge >= 0.3 is 6.23 Å². The second-order valence-electron chi connectivity index (χ2n) is 3.32. The maximum absolute atomic E-state index is 10.2. The molecule has 0 amide bonds. The van der Waals surface area contributed by atoms with Crippen molar-refractivity contribution >= 4 is 0 Å². The van der Waals surface area contributed by atoms with Crippen LogP contribution in [0.1, 0.15) is 25.7 Å². The van der Waals surface area contributed by atoms with Gasteiger partial charge < -0.3 is 4.74 Å². The third kappa shape index (κ3) is 1.22. The molecule has 0 aromatic carbocycles. The van der Waals surface area contributed by atoms with E-state index in [2.05, 4.69) is 0 Å². The molecule has 0 aromatic heterocycles. The number of rotatable bonds is 2. The van der Waals surface area contributed by atoms with Gasteiger partial charge in [-0.05, 0) is 18.8 Å². The van der Waals surface area contributed by atoms with Crippen LogP contribution in [0.4, 0.5) is 0 Å². The first kappa shape index (κ1) is 7.03. The zero-order valence-corrected chi connectivity index (χ0v) is 6.23. The smallest absolute Gasteiger partial charge is 0.301 e. The van der Waals surface area contributed by atoms with Crippen molar-refractivity contribution in [3.63, 3.8) is 0 Å². The average Bonchev–Trinajstić information content (AvgIpc) is 2.60. The molecule has 4 nitrogen and oxygen atoms in total. The minimum atomic E-state index is -0.668. The molecule has 2 fully saturated rings. The molecule has 0 N–H and O–H groups in total. The summed E-state index contributed by atoms with van der Waals surface area (Å²) in [6.45, 7) is 0. The normalized spacial score (nSPS) is 37.5. The fraction of sp³-hybridized carbons (Fsp3) is 1.00. The number of ether oxygens (including phenoxy) is 1. The van der Waals surface area contributed by atoms with E-state index in [1.165, 1.54) is 12.8 Å². The summed E-state index contributed by atoms with van der Waals surface area (Å²) in [6.07, 6.45) is 3.96. The van der Waals surface area contributed by atoms with Crippen LogP contribution in [0, 0.1) is 16.0 Å². The summed E-state index contributed by atoms with van der Waals surface area (Å²) in [6, 6.07) is 0. The minimum Gasteiger partial charge on any atom is -0.301 e. The molecular formula is C7H11NO3. The quantitative estimate of drug-likeness (QED) is 0.343. The van der Waals surface area contributed by atoms with E-state index >= 15 is 0 Å². The average molecular weight is 157 g/mol. The molecule has 2 unspecified atom stereocenters. The zero-order chi connectivity index (χ0) is 7.84. The highest BCUT2D eigenvalue weighted by molar-refractivity contribution is 4.86. The summed E-state index contributed by atoms with van der Waals surface area (Å²) in [5.74, 6) is 0.477. The lowest BCUT2D eigenvalue weighted by Gasteiger charge is -1.99. The molecule has 0 bridgehead atoms. The van der Waals surface area contributed by atoms with Crippen LogP contribution in [0.2, 0.25) is 0 Å². The SMILES string of the molecule is O=[N+]([O-])C1OC1C1CCCC1. The van der Waals surface area contributed by atoms with E-state index in [1.807, 2.05) is 0 Å². The first-order chi connectivity index (χ1) is 5.29. The van der Waals surface area contributed by atoms with Gasteiger partial charge in [0.05, 0.1) is 4.92 Å². The Morgan fingerprint density at radius 3 is 2.45 bits per heavy atom. The van der Waals surface area contributed by atoms with E-state index in [0.717, 1.165) is 12.8 Å². The van der Waals surface area contributed by atoms with E-state index in [-0.39, 0.29) is 11.0 Å². The summed E-state index contributed by atoms with van der Waals surface area (Å²) in [5, 5.41) is 10.2. The van der Waals surface area contributed by atoms with Crippen molar-refractivity contribution in [1.82, 2.24) is 0 Å². The van der Waals surface area contributed by atoms with Gasteiger partial charge in [0, 0.05) is 0 Å². The molecule has 2 rings (SSSR count). The standard InChI is InChI=1S/C7H11NO3/c9-8(10)7-6(11-7)5-3-1-2-4-5/h5-7H,1-4H2. The Labute approximate surface area is 64.7 Å². The Bertz CT molecular complexity index is 177. The first-order valence-corrected chi connectivity index (χ1v) is 4.08. The maximum Gasteiger partial charge on any atom is 0.342 e. The molecule has 2 aliphatic rings. The van der Waals surface area contributed by atoms with Gasteiger partial charge in [0.15, 0.2) is 6.10 Å². The van der Waals surface area contributed by atoms with Crippen LogP contribution in [-0.4, -0.2) is 17.3 Å². The lowest BCUT2D eigenvalue weighted by Crippen LogP contribution is -2.12. The molecule has 2 atom stereocenters. The highest BCUT2D eigenvalue weighted by Crippen LogP contribution is 2.39. The van der Waals surface area contributed by atoms with Gasteiger partial charge in [-0.25, -0.2) is 0 Å². The van der Waals surface area contributed by atoms with E-state index in [4.69, 9.17) is 4.74 Å². The molecule has 4 heteroatoms. The van der Waals surface area contributed by atoms with E-state index in [0.29, 0.717) is 5.92 Å². The third-order valence-electron chi connectivity index (χ3n) is 2.57. The summed E-state index contributed by atoms with van der Waals surface area (Å²) >= 11 is 0. The van der Waals surface area contributed by atoms with Crippen LogP contribution in [0.3, 0.4) is 0 Å². The van der Waals surface area contributed by atoms with E-state index in [9.17, 15) is 10.1 Å². The molecule has 1 aliphatic carbocycles. The van der Waals surface area contributed by atoms with Gasteiger partial charge in [0.2, 0.25) is 0 Å². The number of hydrogen-bond acceptors (Lipinski definition) is 3. The van der Waals surface area contributed by atoms with Crippen molar-refractivity contribution in [2.24, 2.45) is 5.92 Å². The van der Waals surface area contributed by atoms with Crippen LogP contribution >= 0.6 is 0 Å². The van der Waals surface area contributed by atoms with E-state index < -0.39 is 6.23 Å². The Kier molecular flexibility index (Phi) is 1.56. The van der Waals surface area contributed by atoms with Gasteiger partial charge in [0.1, 0.15) is 0 Å². The van der Waals surface area contributed by atoms with Crippen LogP contribution < -0.4 is 0 Å². The molecule has 1 heterocycles. The van der Waals surface area contributed by atoms with Crippen LogP contribution in [0.15, 0.2) is 0 Å². The molecule has 0 aromatic rings. The van der Waals surface area contributed by atoms with Gasteiger partial charge in [-0.1, -0.05) is 12.8 Å². The van der Waals surface area contributed by atoms with Crippen molar-refractivity contribution in [3.05, 3.63) is 10.1 Å². The maximum atomic E-state index is 10.2. The molecule has 0 spiro atoms. The van der Waals surface area contributed by atoms with Crippen molar-refractivity contribution < 1.29 is 9.66 Å². The molecule has 1 aliphatic heterocycles. The molecule has 1 saturated heterocycles. The number of epoxide rings is 1. The molecule has 11 heavy (non-hydrogen) atoms. The topological polar surface area (TPSA) is 55.7 Å². The van der Waals surface area contributed by atoms with Crippen molar-refractivity contribution in [2.45, 2.75) is 38.0 Å². The second kappa shape index (κ2) is 2.44. The van der Waals surface area contributed by atoms with Gasteiger partial charge in [-0.15, -0.1) is 0 Å². The Hall–Kier alpha value is -0.640. The van der Waals surface area contributed by atoms with E-state index in [1.54, 1.807) is 0 Å². The number of nitro groups is 1. The van der Waals surface area contributed by atoms with Crippen LogP contribution in [-0.2, 0) is 4.74 Å². The lowest BCUT2D eigenvalue weighted by atomic mass is 10.0. The Morgan fingerprint density at radius 2 is 2.00 bits per heavy atom. The van der Waals surface area contributed by atoms with Crippen molar-refractivity contribution in [1.29, 1.82) is 0 Å². The summed E-state index contributed by atoms with van der Waals surface area (Å²) in [7, 11) is 0. The minimum absolute atomic E-state index is 0.0486. The highest BCUT2D eigenvalue weighted by Gasteiger charge is 2.54. The Balaban J connectivity index is 1.85. The fourth-order valence-electron chi connectivity index (χ4n) is 1.92. The number of hydrogen-bond donors (Lipinski definition) is 0. The summed E-state index contributed by atoms with van der Waals surface area (Å²) in [5.41, 5.74) is 0. The summed E-state index contributed by atoms with van der Waals surface area (Å²) < 4.78 is 4.96. The zero-order valence-electron chi connectivity index (χ0n) is 6.23. The van der Waals surface area contributed by atoms with Crippen LogP contribution in [0.25, 0.3) is 0 Å². The van der Waals surface area contributed by atoms with Gasteiger partial charge in [-0.2, -0.15) is 0 Å². The molecule has 62 valence electrons. The van der Waals surface area contributed by atoms with Gasteiger partial charge in [0.25, 0.3) is 0 Å². The van der Waals surface area contributed by atoms with Crippen molar-refractivity contribution in [3.8, 4) is 0 Å². The predicted octanol–water partition coefficient (Wildman–Crippen LogP) is 1.18. The largest absolute Gasteiger partial charge is 0.342 e. The lowest BCUT2D eigenvalue weighted by molar-refractivity contribution is -0.516. The fourth-order valence-corrected chi connectivity index (χ4v) is 1.92. The highest BCUT2D eigenvalue weighted by atomic mass is 16.7. The van der Waals surface area contributed by atoms with Crippen LogP contribution in [0.5, 0.6) is 0 Å². The summed E-state index contributed by atoms with van der Waals surface area (Å²) in [4.78, 5) is 9.89. The predicted molar refractivity (Wildman–Crippen MR) is 37.6 cm³/mol. The molecular weight excluding hydrogens is 146 g/mol. The third-order valence-corrected chi connectivity index (χ3v) is 2.57. The molecule has 1 saturated carbocycles.